The second-order valence-electron chi connectivity index (χ2n) is 8.20. The molecule has 3 heterocycles. The summed E-state index contributed by atoms with van der Waals surface area (Å²) in [4.78, 5) is 33.9. The van der Waals surface area contributed by atoms with Gasteiger partial charge < -0.3 is 30.4 Å². The molecule has 0 bridgehead atoms. The molecular formula is C25H22BrF6N5O6. The van der Waals surface area contributed by atoms with E-state index < -0.39 is 30.4 Å². The highest BCUT2D eigenvalue weighted by atomic mass is 79.9. The molecule has 0 aliphatic carbocycles. The highest BCUT2D eigenvalue weighted by Crippen LogP contribution is 2.23. The van der Waals surface area contributed by atoms with Crippen molar-refractivity contribution >= 4 is 39.0 Å². The van der Waals surface area contributed by atoms with Crippen LogP contribution in [0.15, 0.2) is 65.5 Å². The van der Waals surface area contributed by atoms with Crippen LogP contribution in [0.2, 0.25) is 0 Å². The molecule has 0 saturated heterocycles. The highest BCUT2D eigenvalue weighted by Gasteiger charge is 2.38. The summed E-state index contributed by atoms with van der Waals surface area (Å²) in [6.07, 6.45) is -5.51. The molecule has 1 aromatic carbocycles. The number of H-pyrrole nitrogens is 1. The van der Waals surface area contributed by atoms with Crippen molar-refractivity contribution < 1.29 is 56.0 Å². The van der Waals surface area contributed by atoms with Crippen molar-refractivity contribution in [1.29, 1.82) is 0 Å². The number of benzene rings is 1. The van der Waals surface area contributed by atoms with Crippen LogP contribution in [0.25, 0.3) is 22.6 Å². The third-order valence-electron chi connectivity index (χ3n) is 4.79. The topological polar surface area (TPSA) is 171 Å². The molecule has 0 radical (unpaired) electrons. The number of aromatic amines is 1. The molecule has 232 valence electrons. The van der Waals surface area contributed by atoms with E-state index in [4.69, 9.17) is 24.5 Å². The maximum atomic E-state index is 10.6. The quantitative estimate of drug-likeness (QED) is 0.166. The summed E-state index contributed by atoms with van der Waals surface area (Å²) in [5, 5.41) is 27.5. The number of hydrogen-bond donors (Lipinski definition) is 5. The van der Waals surface area contributed by atoms with Crippen molar-refractivity contribution in [3.05, 3.63) is 71.1 Å². The fraction of sp³-hybridized carbons (Fsp3) is 0.240. The van der Waals surface area contributed by atoms with Crippen LogP contribution in [0.4, 0.5) is 26.3 Å². The van der Waals surface area contributed by atoms with Crippen molar-refractivity contribution in [2.75, 3.05) is 13.2 Å². The number of hydrogen-bond acceptors (Lipinski definition) is 8. The number of halogens is 7. The molecule has 0 aliphatic heterocycles. The molecule has 18 heteroatoms. The Morgan fingerprint density at radius 2 is 1.60 bits per heavy atom. The van der Waals surface area contributed by atoms with Gasteiger partial charge >= 0.3 is 24.3 Å². The number of aliphatic hydroxyl groups excluding tert-OH is 1. The lowest BCUT2D eigenvalue weighted by Crippen LogP contribution is -2.31. The first-order valence-corrected chi connectivity index (χ1v) is 12.5. The molecule has 43 heavy (non-hydrogen) atoms. The van der Waals surface area contributed by atoms with Crippen LogP contribution in [0, 0.1) is 0 Å². The summed E-state index contributed by atoms with van der Waals surface area (Å²) in [7, 11) is 0. The van der Waals surface area contributed by atoms with Crippen molar-refractivity contribution in [3.63, 3.8) is 0 Å². The Morgan fingerprint density at radius 1 is 1.00 bits per heavy atom. The van der Waals surface area contributed by atoms with E-state index in [9.17, 15) is 31.4 Å². The highest BCUT2D eigenvalue weighted by molar-refractivity contribution is 9.10. The third-order valence-corrected chi connectivity index (χ3v) is 5.22. The molecule has 0 amide bonds. The predicted octanol–water partition coefficient (Wildman–Crippen LogP) is 4.58. The second-order valence-corrected chi connectivity index (χ2v) is 9.11. The fourth-order valence-electron chi connectivity index (χ4n) is 2.86. The normalized spacial score (nSPS) is 11.9. The first-order valence-electron chi connectivity index (χ1n) is 11.7. The van der Waals surface area contributed by atoms with Gasteiger partial charge in [0, 0.05) is 41.7 Å². The number of aliphatic carboxylic acids is 2. The average molecular weight is 682 g/mol. The number of carboxylic acid groups (broad SMARTS) is 2. The Bertz CT molecular complexity index is 1450. The van der Waals surface area contributed by atoms with Crippen LogP contribution in [0.3, 0.4) is 0 Å². The number of aliphatic hydroxyl groups is 1. The molecule has 1 unspecified atom stereocenters. The summed E-state index contributed by atoms with van der Waals surface area (Å²) in [5.41, 5.74) is 3.55. The van der Waals surface area contributed by atoms with Crippen LogP contribution >= 0.6 is 15.9 Å². The van der Waals surface area contributed by atoms with Gasteiger partial charge in [-0.05, 0) is 57.9 Å². The standard InChI is InChI=1S/C21H20BrN5O2.2C2HF3O2/c22-16-8-19-21(25-11-16)27-20(26-19)15-3-5-18(6-4-15)29-13-17(28)12-24-10-14-2-1-7-23-9-14;2*3-2(4,5)1(6)7/h1-9,11,17,24,28H,10,12-13H2,(H,25,26,27);2*(H,6,7). The molecule has 5 N–H and O–H groups in total. The minimum absolute atomic E-state index is 0.210. The number of rotatable bonds is 8. The summed E-state index contributed by atoms with van der Waals surface area (Å²) in [6, 6.07) is 13.4. The van der Waals surface area contributed by atoms with Crippen molar-refractivity contribution in [2.24, 2.45) is 0 Å². The zero-order valence-electron chi connectivity index (χ0n) is 21.5. The van der Waals surface area contributed by atoms with Crippen LogP contribution in [-0.4, -0.2) is 78.8 Å². The minimum Gasteiger partial charge on any atom is -0.491 e. The lowest BCUT2D eigenvalue weighted by atomic mass is 10.2. The smallest absolute Gasteiger partial charge is 0.490 e. The van der Waals surface area contributed by atoms with Gasteiger partial charge in [-0.3, -0.25) is 4.98 Å². The molecule has 11 nitrogen and oxygen atoms in total. The fourth-order valence-corrected chi connectivity index (χ4v) is 3.19. The van der Waals surface area contributed by atoms with E-state index in [2.05, 4.69) is 41.2 Å². The minimum atomic E-state index is -5.08. The number of ether oxygens (including phenoxy) is 1. The summed E-state index contributed by atoms with van der Waals surface area (Å²) in [5.74, 6) is -4.08. The lowest BCUT2D eigenvalue weighted by molar-refractivity contribution is -0.193. The summed E-state index contributed by atoms with van der Waals surface area (Å²) < 4.78 is 70.1. The molecule has 0 saturated carbocycles. The lowest BCUT2D eigenvalue weighted by Gasteiger charge is -2.13. The van der Waals surface area contributed by atoms with Crippen LogP contribution in [0.5, 0.6) is 5.75 Å². The van der Waals surface area contributed by atoms with Crippen LogP contribution < -0.4 is 10.1 Å². The van der Waals surface area contributed by atoms with E-state index in [1.807, 2.05) is 42.5 Å². The molecule has 4 aromatic rings. The van der Waals surface area contributed by atoms with Gasteiger partial charge in [-0.2, -0.15) is 26.3 Å². The third kappa shape index (κ3) is 12.6. The monoisotopic (exact) mass is 681 g/mol. The zero-order valence-corrected chi connectivity index (χ0v) is 23.1. The number of carboxylic acids is 2. The van der Waals surface area contributed by atoms with E-state index in [1.54, 1.807) is 18.6 Å². The van der Waals surface area contributed by atoms with E-state index >= 15 is 0 Å². The van der Waals surface area contributed by atoms with Gasteiger partial charge in [0.05, 0.1) is 5.52 Å². The maximum absolute atomic E-state index is 10.6. The second kappa shape index (κ2) is 15.8. The summed E-state index contributed by atoms with van der Waals surface area (Å²) >= 11 is 3.41. The Kier molecular flexibility index (Phi) is 12.8. The van der Waals surface area contributed by atoms with Crippen LogP contribution in [-0.2, 0) is 16.1 Å². The Hall–Kier alpha value is -4.29. The number of alkyl halides is 6. The molecule has 0 fully saturated rings. The van der Waals surface area contributed by atoms with Crippen molar-refractivity contribution in [3.8, 4) is 17.1 Å². The predicted molar refractivity (Wildman–Crippen MR) is 142 cm³/mol. The molecular weight excluding hydrogens is 660 g/mol. The van der Waals surface area contributed by atoms with E-state index in [0.717, 1.165) is 26.9 Å². The average Bonchev–Trinajstić information content (AvgIpc) is 3.36. The summed E-state index contributed by atoms with van der Waals surface area (Å²) in [6.45, 7) is 1.30. The zero-order chi connectivity index (χ0) is 32.2. The van der Waals surface area contributed by atoms with E-state index in [0.29, 0.717) is 24.5 Å². The van der Waals surface area contributed by atoms with Crippen molar-refractivity contribution in [2.45, 2.75) is 25.0 Å². The first kappa shape index (κ1) is 34.9. The number of aromatic nitrogens is 4. The van der Waals surface area contributed by atoms with Crippen LogP contribution in [0.1, 0.15) is 5.56 Å². The Labute approximate surface area is 246 Å². The van der Waals surface area contributed by atoms with E-state index in [1.165, 1.54) is 0 Å². The van der Waals surface area contributed by atoms with Gasteiger partial charge in [-0.1, -0.05) is 6.07 Å². The maximum Gasteiger partial charge on any atom is 0.490 e. The number of nitrogens with zero attached hydrogens (tertiary/aromatic N) is 3. The van der Waals surface area contributed by atoms with Gasteiger partial charge in [0.1, 0.15) is 24.3 Å². The number of fused-ring (bicyclic) bond motifs is 1. The number of carbonyl (C=O) groups is 2. The molecule has 0 spiro atoms. The SMILES string of the molecule is O=C(O)C(F)(F)F.O=C(O)C(F)(F)F.OC(CNCc1cccnc1)COc1ccc(-c2nc3ncc(Br)cc3[nH]2)cc1. The molecule has 0 aliphatic rings. The number of nitrogens with one attached hydrogen (secondary N) is 2. The molecule has 1 atom stereocenters. The van der Waals surface area contributed by atoms with Crippen molar-refractivity contribution in [1.82, 2.24) is 25.3 Å². The van der Waals surface area contributed by atoms with Gasteiger partial charge in [-0.25, -0.2) is 19.6 Å². The molecule has 3 aromatic heterocycles. The van der Waals surface area contributed by atoms with Gasteiger partial charge in [0.25, 0.3) is 0 Å². The van der Waals surface area contributed by atoms with Gasteiger partial charge in [0.2, 0.25) is 0 Å². The number of pyridine rings is 2. The number of imidazole rings is 1. The van der Waals surface area contributed by atoms with E-state index in [-0.39, 0.29) is 6.61 Å². The molecule has 4 rings (SSSR count). The first-order chi connectivity index (χ1) is 20.1. The Balaban J connectivity index is 0.000000384. The van der Waals surface area contributed by atoms with Gasteiger partial charge in [-0.15, -0.1) is 0 Å². The Morgan fingerprint density at radius 3 is 2.14 bits per heavy atom. The largest absolute Gasteiger partial charge is 0.491 e. The van der Waals surface area contributed by atoms with Gasteiger partial charge in [0.15, 0.2) is 5.65 Å².